The van der Waals surface area contributed by atoms with Gasteiger partial charge in [-0.2, -0.15) is 0 Å². The van der Waals surface area contributed by atoms with Crippen LogP contribution in [0.4, 0.5) is 5.69 Å². The second kappa shape index (κ2) is 9.84. The third-order valence-corrected chi connectivity index (χ3v) is 5.61. The summed E-state index contributed by atoms with van der Waals surface area (Å²) in [6.45, 7) is 13.3. The normalized spacial score (nSPS) is 11.8. The Hall–Kier alpha value is -3.41. The Labute approximate surface area is 202 Å². The van der Waals surface area contributed by atoms with Crippen molar-refractivity contribution in [2.24, 2.45) is 5.41 Å². The van der Waals surface area contributed by atoms with Gasteiger partial charge in [0.25, 0.3) is 11.9 Å². The van der Waals surface area contributed by atoms with Gasteiger partial charge in [-0.3, -0.25) is 4.79 Å². The first-order chi connectivity index (χ1) is 15.9. The van der Waals surface area contributed by atoms with Crippen molar-refractivity contribution in [2.45, 2.75) is 53.4 Å². The van der Waals surface area contributed by atoms with Gasteiger partial charge in [0, 0.05) is 6.07 Å². The van der Waals surface area contributed by atoms with E-state index in [0.717, 1.165) is 12.0 Å². The quantitative estimate of drug-likeness (QED) is 0.376. The fraction of sp³-hybridized carbons (Fsp3) is 0.393. The zero-order valence-corrected chi connectivity index (χ0v) is 21.4. The summed E-state index contributed by atoms with van der Waals surface area (Å²) >= 11 is 0. The zero-order valence-electron chi connectivity index (χ0n) is 21.4. The lowest BCUT2D eigenvalue weighted by Gasteiger charge is -2.33. The standard InChI is InChI=1S/C28H35NO5/c1-18-16-19(28(5,6)17-27(2,3)4)12-13-20(18)33-24-15-14-23(34-24)26(30)29-25-21(31-7)10-9-11-22(25)32-8/h9-16H,17H2,1-8H3,(H,29,30). The van der Waals surface area contributed by atoms with E-state index < -0.39 is 5.91 Å². The highest BCUT2D eigenvalue weighted by Gasteiger charge is 2.27. The Morgan fingerprint density at radius 1 is 0.912 bits per heavy atom. The van der Waals surface area contributed by atoms with Crippen molar-refractivity contribution in [2.75, 3.05) is 19.5 Å². The Morgan fingerprint density at radius 2 is 1.56 bits per heavy atom. The molecular weight excluding hydrogens is 430 g/mol. The molecule has 0 aliphatic carbocycles. The number of ether oxygens (including phenoxy) is 3. The number of anilines is 1. The highest BCUT2D eigenvalue weighted by atomic mass is 16.6. The fourth-order valence-corrected chi connectivity index (χ4v) is 4.37. The van der Waals surface area contributed by atoms with Gasteiger partial charge in [0.15, 0.2) is 5.76 Å². The molecule has 0 atom stereocenters. The molecule has 1 N–H and O–H groups in total. The Morgan fingerprint density at radius 3 is 2.12 bits per heavy atom. The fourth-order valence-electron chi connectivity index (χ4n) is 4.37. The van der Waals surface area contributed by atoms with Gasteiger partial charge in [0.05, 0.1) is 14.2 Å². The van der Waals surface area contributed by atoms with Gasteiger partial charge in [-0.25, -0.2) is 0 Å². The monoisotopic (exact) mass is 465 g/mol. The first-order valence-corrected chi connectivity index (χ1v) is 11.3. The molecule has 0 aliphatic heterocycles. The van der Waals surface area contributed by atoms with Crippen molar-refractivity contribution in [1.29, 1.82) is 0 Å². The van der Waals surface area contributed by atoms with Crippen LogP contribution in [-0.2, 0) is 5.41 Å². The molecule has 3 aromatic rings. The van der Waals surface area contributed by atoms with Crippen LogP contribution in [0.1, 0.15) is 62.7 Å². The van der Waals surface area contributed by atoms with Gasteiger partial charge in [-0.1, -0.05) is 52.8 Å². The number of para-hydroxylation sites is 1. The molecule has 0 bridgehead atoms. The maximum absolute atomic E-state index is 12.8. The Balaban J connectivity index is 1.75. The van der Waals surface area contributed by atoms with Gasteiger partial charge >= 0.3 is 0 Å². The summed E-state index contributed by atoms with van der Waals surface area (Å²) in [7, 11) is 3.06. The molecule has 3 rings (SSSR count). The predicted molar refractivity (Wildman–Crippen MR) is 135 cm³/mol. The third-order valence-electron chi connectivity index (χ3n) is 5.61. The van der Waals surface area contributed by atoms with E-state index in [-0.39, 0.29) is 22.5 Å². The average molecular weight is 466 g/mol. The molecule has 0 spiro atoms. The summed E-state index contributed by atoms with van der Waals surface area (Å²) in [5.41, 5.74) is 2.96. The lowest BCUT2D eigenvalue weighted by Crippen LogP contribution is -2.24. The van der Waals surface area contributed by atoms with Crippen molar-refractivity contribution >= 4 is 11.6 Å². The van der Waals surface area contributed by atoms with Gasteiger partial charge in [-0.15, -0.1) is 0 Å². The Kier molecular flexibility index (Phi) is 7.29. The number of amides is 1. The van der Waals surface area contributed by atoms with Crippen LogP contribution >= 0.6 is 0 Å². The van der Waals surface area contributed by atoms with Crippen LogP contribution < -0.4 is 19.5 Å². The maximum atomic E-state index is 12.8. The van der Waals surface area contributed by atoms with Gasteiger partial charge in [0.2, 0.25) is 0 Å². The summed E-state index contributed by atoms with van der Waals surface area (Å²) in [5.74, 6) is 1.57. The van der Waals surface area contributed by atoms with Crippen LogP contribution in [-0.4, -0.2) is 20.1 Å². The number of aryl methyl sites for hydroxylation is 1. The van der Waals surface area contributed by atoms with Crippen molar-refractivity contribution in [3.8, 4) is 23.2 Å². The van der Waals surface area contributed by atoms with E-state index in [1.807, 2.05) is 13.0 Å². The second-order valence-corrected chi connectivity index (χ2v) is 10.3. The van der Waals surface area contributed by atoms with E-state index >= 15 is 0 Å². The SMILES string of the molecule is COc1cccc(OC)c1NC(=O)c1ccc(Oc2ccc(C(C)(C)CC(C)(C)C)cc2C)o1. The van der Waals surface area contributed by atoms with Crippen LogP contribution in [0.3, 0.4) is 0 Å². The predicted octanol–water partition coefficient (Wildman–Crippen LogP) is 7.36. The molecule has 0 saturated heterocycles. The molecule has 0 aliphatic rings. The molecule has 0 radical (unpaired) electrons. The van der Waals surface area contributed by atoms with Crippen LogP contribution in [0.5, 0.6) is 23.2 Å². The van der Waals surface area contributed by atoms with Gasteiger partial charge < -0.3 is 23.9 Å². The number of hydrogen-bond donors (Lipinski definition) is 1. The molecular formula is C28H35NO5. The van der Waals surface area contributed by atoms with Crippen LogP contribution in [0, 0.1) is 12.3 Å². The number of methoxy groups -OCH3 is 2. The molecule has 2 aromatic carbocycles. The molecule has 0 fully saturated rings. The molecule has 1 aromatic heterocycles. The molecule has 34 heavy (non-hydrogen) atoms. The molecule has 6 heteroatoms. The topological polar surface area (TPSA) is 69.9 Å². The number of hydrogen-bond acceptors (Lipinski definition) is 5. The summed E-state index contributed by atoms with van der Waals surface area (Å²) < 4.78 is 22.3. The van der Waals surface area contributed by atoms with Crippen molar-refractivity contribution in [1.82, 2.24) is 0 Å². The summed E-state index contributed by atoms with van der Waals surface area (Å²) in [6.07, 6.45) is 1.06. The smallest absolute Gasteiger partial charge is 0.291 e. The maximum Gasteiger partial charge on any atom is 0.291 e. The van der Waals surface area contributed by atoms with Crippen molar-refractivity contribution in [3.63, 3.8) is 0 Å². The highest BCUT2D eigenvalue weighted by molar-refractivity contribution is 6.04. The van der Waals surface area contributed by atoms with Gasteiger partial charge in [0.1, 0.15) is 22.9 Å². The molecule has 0 unspecified atom stereocenters. The van der Waals surface area contributed by atoms with E-state index in [9.17, 15) is 4.79 Å². The number of carbonyl (C=O) groups excluding carboxylic acids is 1. The number of nitrogens with one attached hydrogen (secondary N) is 1. The van der Waals surface area contributed by atoms with E-state index in [1.165, 1.54) is 19.8 Å². The Bertz CT molecular complexity index is 1130. The summed E-state index contributed by atoms with van der Waals surface area (Å²) in [4.78, 5) is 12.8. The number of carbonyl (C=O) groups is 1. The van der Waals surface area contributed by atoms with Gasteiger partial charge in [-0.05, 0) is 59.6 Å². The minimum Gasteiger partial charge on any atom is -0.494 e. The van der Waals surface area contributed by atoms with Crippen molar-refractivity contribution in [3.05, 3.63) is 65.4 Å². The summed E-state index contributed by atoms with van der Waals surface area (Å²) in [5, 5.41) is 2.79. The molecule has 6 nitrogen and oxygen atoms in total. The lowest BCUT2D eigenvalue weighted by molar-refractivity contribution is 0.0991. The van der Waals surface area contributed by atoms with Crippen LogP contribution in [0.2, 0.25) is 0 Å². The highest BCUT2D eigenvalue weighted by Crippen LogP contribution is 2.39. The minimum absolute atomic E-state index is 0.0387. The molecule has 182 valence electrons. The van der Waals surface area contributed by atoms with Crippen LogP contribution in [0.25, 0.3) is 0 Å². The summed E-state index contributed by atoms with van der Waals surface area (Å²) in [6, 6.07) is 14.7. The van der Waals surface area contributed by atoms with E-state index in [1.54, 1.807) is 30.3 Å². The van der Waals surface area contributed by atoms with E-state index in [2.05, 4.69) is 52.1 Å². The first-order valence-electron chi connectivity index (χ1n) is 11.3. The zero-order chi connectivity index (χ0) is 25.1. The average Bonchev–Trinajstić information content (AvgIpc) is 3.22. The third kappa shape index (κ3) is 5.93. The van der Waals surface area contributed by atoms with Crippen LogP contribution in [0.15, 0.2) is 52.9 Å². The number of benzene rings is 2. The number of furan rings is 1. The van der Waals surface area contributed by atoms with E-state index in [4.69, 9.17) is 18.6 Å². The largest absolute Gasteiger partial charge is 0.494 e. The lowest BCUT2D eigenvalue weighted by atomic mass is 9.72. The van der Waals surface area contributed by atoms with E-state index in [0.29, 0.717) is 22.9 Å². The molecule has 0 saturated carbocycles. The van der Waals surface area contributed by atoms with Crippen molar-refractivity contribution < 1.29 is 23.4 Å². The molecule has 1 amide bonds. The first kappa shape index (κ1) is 25.2. The minimum atomic E-state index is -0.436. The number of rotatable bonds is 8. The molecule has 1 heterocycles. The second-order valence-electron chi connectivity index (χ2n) is 10.3.